The SMILES string of the molecule is CC(C)(N)CNC(=O)c1cc(-c2ccccc2)n[nH]1.Cl. The van der Waals surface area contributed by atoms with Crippen molar-refractivity contribution in [3.63, 3.8) is 0 Å². The Morgan fingerprint density at radius 2 is 2.00 bits per heavy atom. The van der Waals surface area contributed by atoms with Crippen LogP contribution in [-0.2, 0) is 0 Å². The monoisotopic (exact) mass is 294 g/mol. The number of halogens is 1. The molecule has 20 heavy (non-hydrogen) atoms. The lowest BCUT2D eigenvalue weighted by molar-refractivity contribution is 0.0941. The molecule has 0 atom stereocenters. The van der Waals surface area contributed by atoms with Gasteiger partial charge in [-0.05, 0) is 19.9 Å². The van der Waals surface area contributed by atoms with Gasteiger partial charge in [0.2, 0.25) is 0 Å². The summed E-state index contributed by atoms with van der Waals surface area (Å²) in [5, 5.41) is 9.64. The molecule has 1 aromatic carbocycles. The number of benzene rings is 1. The molecule has 1 heterocycles. The minimum atomic E-state index is -0.433. The van der Waals surface area contributed by atoms with Gasteiger partial charge < -0.3 is 11.1 Å². The lowest BCUT2D eigenvalue weighted by Gasteiger charge is -2.18. The summed E-state index contributed by atoms with van der Waals surface area (Å²) in [6.45, 7) is 4.12. The highest BCUT2D eigenvalue weighted by Gasteiger charge is 2.15. The second kappa shape index (κ2) is 6.54. The van der Waals surface area contributed by atoms with Crippen LogP contribution >= 0.6 is 12.4 Å². The molecule has 1 aromatic heterocycles. The molecule has 0 radical (unpaired) electrons. The largest absolute Gasteiger partial charge is 0.349 e. The Labute approximate surface area is 124 Å². The van der Waals surface area contributed by atoms with Crippen LogP contribution in [0.15, 0.2) is 36.4 Å². The number of H-pyrrole nitrogens is 1. The standard InChI is InChI=1S/C14H18N4O.ClH/c1-14(2,15)9-16-13(19)12-8-11(17-18-12)10-6-4-3-5-7-10;/h3-8H,9,15H2,1-2H3,(H,16,19)(H,17,18);1H. The van der Waals surface area contributed by atoms with Gasteiger partial charge >= 0.3 is 0 Å². The molecule has 0 saturated carbocycles. The molecular weight excluding hydrogens is 276 g/mol. The number of carbonyl (C=O) groups excluding carboxylic acids is 1. The van der Waals surface area contributed by atoms with E-state index in [0.717, 1.165) is 11.3 Å². The van der Waals surface area contributed by atoms with Crippen LogP contribution < -0.4 is 11.1 Å². The highest BCUT2D eigenvalue weighted by Crippen LogP contribution is 2.16. The number of carbonyl (C=O) groups is 1. The van der Waals surface area contributed by atoms with Crippen molar-refractivity contribution in [3.8, 4) is 11.3 Å². The number of nitrogens with zero attached hydrogens (tertiary/aromatic N) is 1. The summed E-state index contributed by atoms with van der Waals surface area (Å²) in [7, 11) is 0. The summed E-state index contributed by atoms with van der Waals surface area (Å²) >= 11 is 0. The number of nitrogens with one attached hydrogen (secondary N) is 2. The summed E-state index contributed by atoms with van der Waals surface area (Å²) in [6, 6.07) is 11.4. The van der Waals surface area contributed by atoms with E-state index >= 15 is 0 Å². The third-order valence-corrected chi connectivity index (χ3v) is 2.60. The first kappa shape index (κ1) is 16.2. The summed E-state index contributed by atoms with van der Waals surface area (Å²) < 4.78 is 0. The molecule has 0 unspecified atom stereocenters. The van der Waals surface area contributed by atoms with E-state index in [-0.39, 0.29) is 18.3 Å². The third-order valence-electron chi connectivity index (χ3n) is 2.60. The Kier molecular flexibility index (Phi) is 5.30. The zero-order valence-corrected chi connectivity index (χ0v) is 12.3. The minimum absolute atomic E-state index is 0. The molecule has 0 aliphatic carbocycles. The molecule has 0 aliphatic rings. The number of rotatable bonds is 4. The van der Waals surface area contributed by atoms with Gasteiger partial charge in [-0.15, -0.1) is 12.4 Å². The Bertz CT molecular complexity index is 560. The van der Waals surface area contributed by atoms with Crippen LogP contribution in [0.3, 0.4) is 0 Å². The fourth-order valence-electron chi connectivity index (χ4n) is 1.60. The normalized spacial score (nSPS) is 10.8. The van der Waals surface area contributed by atoms with Crippen LogP contribution in [0, 0.1) is 0 Å². The summed E-state index contributed by atoms with van der Waals surface area (Å²) in [5.41, 5.74) is 7.54. The summed E-state index contributed by atoms with van der Waals surface area (Å²) in [4.78, 5) is 11.9. The first-order valence-electron chi connectivity index (χ1n) is 6.14. The number of nitrogens with two attached hydrogens (primary N) is 1. The number of aromatic amines is 1. The highest BCUT2D eigenvalue weighted by molar-refractivity contribution is 5.93. The Morgan fingerprint density at radius 1 is 1.35 bits per heavy atom. The van der Waals surface area contributed by atoms with Crippen LogP contribution in [-0.4, -0.2) is 28.2 Å². The van der Waals surface area contributed by atoms with Gasteiger partial charge in [0.25, 0.3) is 5.91 Å². The van der Waals surface area contributed by atoms with Crippen LogP contribution in [0.25, 0.3) is 11.3 Å². The lowest BCUT2D eigenvalue weighted by Crippen LogP contribution is -2.45. The van der Waals surface area contributed by atoms with Gasteiger partial charge in [-0.1, -0.05) is 30.3 Å². The molecule has 1 amide bonds. The molecule has 0 bridgehead atoms. The van der Waals surface area contributed by atoms with E-state index in [1.165, 1.54) is 0 Å². The van der Waals surface area contributed by atoms with Gasteiger partial charge in [-0.25, -0.2) is 0 Å². The van der Waals surface area contributed by atoms with Crippen molar-refractivity contribution in [3.05, 3.63) is 42.1 Å². The maximum Gasteiger partial charge on any atom is 0.269 e. The van der Waals surface area contributed by atoms with Gasteiger partial charge in [0, 0.05) is 17.6 Å². The number of hydrogen-bond donors (Lipinski definition) is 3. The van der Waals surface area contributed by atoms with Gasteiger partial charge in [-0.3, -0.25) is 9.89 Å². The molecule has 2 aromatic rings. The average molecular weight is 295 g/mol. The molecule has 108 valence electrons. The van der Waals surface area contributed by atoms with E-state index in [1.807, 2.05) is 44.2 Å². The van der Waals surface area contributed by atoms with Gasteiger partial charge in [0.15, 0.2) is 0 Å². The highest BCUT2D eigenvalue weighted by atomic mass is 35.5. The first-order chi connectivity index (χ1) is 8.96. The van der Waals surface area contributed by atoms with Crippen molar-refractivity contribution >= 4 is 18.3 Å². The van der Waals surface area contributed by atoms with Crippen LogP contribution in [0.5, 0.6) is 0 Å². The van der Waals surface area contributed by atoms with E-state index in [2.05, 4.69) is 15.5 Å². The third kappa shape index (κ3) is 4.36. The Balaban J connectivity index is 0.00000200. The molecule has 0 aliphatic heterocycles. The molecule has 4 N–H and O–H groups in total. The predicted molar refractivity (Wildman–Crippen MR) is 81.9 cm³/mol. The Morgan fingerprint density at radius 3 is 2.60 bits per heavy atom. The molecule has 0 fully saturated rings. The maximum atomic E-state index is 11.9. The van der Waals surface area contributed by atoms with Crippen LogP contribution in [0.4, 0.5) is 0 Å². The molecule has 0 saturated heterocycles. The zero-order chi connectivity index (χ0) is 13.9. The van der Waals surface area contributed by atoms with Crippen LogP contribution in [0.2, 0.25) is 0 Å². The number of aromatic nitrogens is 2. The van der Waals surface area contributed by atoms with Crippen molar-refractivity contribution in [2.24, 2.45) is 5.73 Å². The molecule has 0 spiro atoms. The van der Waals surface area contributed by atoms with E-state index in [9.17, 15) is 4.79 Å². The van der Waals surface area contributed by atoms with E-state index in [0.29, 0.717) is 12.2 Å². The molecular formula is C14H19ClN4O. The Hall–Kier alpha value is -1.85. The maximum absolute atomic E-state index is 11.9. The van der Waals surface area contributed by atoms with Gasteiger partial charge in [0.05, 0.1) is 5.69 Å². The van der Waals surface area contributed by atoms with E-state index < -0.39 is 5.54 Å². The van der Waals surface area contributed by atoms with Gasteiger partial charge in [-0.2, -0.15) is 5.10 Å². The minimum Gasteiger partial charge on any atom is -0.349 e. The van der Waals surface area contributed by atoms with E-state index in [4.69, 9.17) is 5.73 Å². The van der Waals surface area contributed by atoms with Crippen LogP contribution in [0.1, 0.15) is 24.3 Å². The topological polar surface area (TPSA) is 83.8 Å². The molecule has 6 heteroatoms. The second-order valence-electron chi connectivity index (χ2n) is 5.20. The van der Waals surface area contributed by atoms with Crippen molar-refractivity contribution in [1.29, 1.82) is 0 Å². The number of hydrogen-bond acceptors (Lipinski definition) is 3. The van der Waals surface area contributed by atoms with Crippen molar-refractivity contribution in [1.82, 2.24) is 15.5 Å². The summed E-state index contributed by atoms with van der Waals surface area (Å²) in [6.07, 6.45) is 0. The zero-order valence-electron chi connectivity index (χ0n) is 11.5. The first-order valence-corrected chi connectivity index (χ1v) is 6.14. The van der Waals surface area contributed by atoms with Gasteiger partial charge in [0.1, 0.15) is 5.69 Å². The fourth-order valence-corrected chi connectivity index (χ4v) is 1.60. The smallest absolute Gasteiger partial charge is 0.269 e. The van der Waals surface area contributed by atoms with Crippen molar-refractivity contribution in [2.75, 3.05) is 6.54 Å². The second-order valence-corrected chi connectivity index (χ2v) is 5.20. The molecule has 5 nitrogen and oxygen atoms in total. The quantitative estimate of drug-likeness (QED) is 0.806. The van der Waals surface area contributed by atoms with Crippen molar-refractivity contribution < 1.29 is 4.79 Å². The predicted octanol–water partition coefficient (Wildman–Crippen LogP) is 1.97. The lowest BCUT2D eigenvalue weighted by atomic mass is 10.1. The van der Waals surface area contributed by atoms with Crippen molar-refractivity contribution in [2.45, 2.75) is 19.4 Å². The fraction of sp³-hybridized carbons (Fsp3) is 0.286. The number of amides is 1. The average Bonchev–Trinajstić information content (AvgIpc) is 2.86. The van der Waals surface area contributed by atoms with E-state index in [1.54, 1.807) is 6.07 Å². The molecule has 2 rings (SSSR count). The summed E-state index contributed by atoms with van der Waals surface area (Å²) in [5.74, 6) is -0.201.